The summed E-state index contributed by atoms with van der Waals surface area (Å²) < 4.78 is 0. The zero-order chi connectivity index (χ0) is 20.4. The van der Waals surface area contributed by atoms with Gasteiger partial charge in [-0.15, -0.1) is 0 Å². The van der Waals surface area contributed by atoms with Crippen LogP contribution in [0.3, 0.4) is 0 Å². The van der Waals surface area contributed by atoms with Crippen LogP contribution in [-0.4, -0.2) is 41.2 Å². The van der Waals surface area contributed by atoms with Crippen molar-refractivity contribution < 1.29 is 4.79 Å². The number of halogens is 1. The molecule has 2 aromatic carbocycles. The number of likely N-dealkylation sites (tertiary alicyclic amines) is 1. The van der Waals surface area contributed by atoms with Gasteiger partial charge in [0.25, 0.3) is 5.91 Å². The summed E-state index contributed by atoms with van der Waals surface area (Å²) in [5.41, 5.74) is 5.35. The minimum Gasteiger partial charge on any atom is -0.294 e. The van der Waals surface area contributed by atoms with Gasteiger partial charge in [-0.2, -0.15) is 5.10 Å². The van der Waals surface area contributed by atoms with E-state index >= 15 is 0 Å². The van der Waals surface area contributed by atoms with Crippen molar-refractivity contribution in [2.24, 2.45) is 5.10 Å². The van der Waals surface area contributed by atoms with Crippen molar-refractivity contribution in [3.63, 3.8) is 0 Å². The predicted molar refractivity (Wildman–Crippen MR) is 118 cm³/mol. The topological polar surface area (TPSA) is 35.9 Å². The molecule has 0 unspecified atom stereocenters. The zero-order valence-corrected chi connectivity index (χ0v) is 18.0. The SMILES string of the molecule is Cc1ccc(C)c([C@@H]2CC(c3ccccc3Cl)=NN2C(=O)CN2CCCCC2)c1. The van der Waals surface area contributed by atoms with Gasteiger partial charge in [0.15, 0.2) is 0 Å². The quantitative estimate of drug-likeness (QED) is 0.702. The second-order valence-electron chi connectivity index (χ2n) is 8.18. The third-order valence-corrected chi connectivity index (χ3v) is 6.28. The van der Waals surface area contributed by atoms with E-state index in [2.05, 4.69) is 36.9 Å². The molecule has 29 heavy (non-hydrogen) atoms. The molecule has 0 saturated carbocycles. The van der Waals surface area contributed by atoms with E-state index in [-0.39, 0.29) is 11.9 Å². The number of rotatable bonds is 4. The third-order valence-electron chi connectivity index (χ3n) is 5.95. The standard InChI is InChI=1S/C24H28ClN3O/c1-17-10-11-18(2)20(14-17)23-15-22(19-8-4-5-9-21(19)25)26-28(23)24(29)16-27-12-6-3-7-13-27/h4-5,8-11,14,23H,3,6-7,12-13,15-16H2,1-2H3/t23-/m0/s1. The Morgan fingerprint density at radius 1 is 1.10 bits per heavy atom. The van der Waals surface area contributed by atoms with Crippen LogP contribution < -0.4 is 0 Å². The summed E-state index contributed by atoms with van der Waals surface area (Å²) in [6.45, 7) is 6.62. The molecule has 0 aliphatic carbocycles. The number of amides is 1. The number of nitrogens with zero attached hydrogens (tertiary/aromatic N) is 3. The van der Waals surface area contributed by atoms with Crippen molar-refractivity contribution >= 4 is 23.2 Å². The Balaban J connectivity index is 1.66. The molecule has 1 atom stereocenters. The van der Waals surface area contributed by atoms with Gasteiger partial charge in [0.2, 0.25) is 0 Å². The summed E-state index contributed by atoms with van der Waals surface area (Å²) in [6.07, 6.45) is 4.28. The maximum atomic E-state index is 13.3. The van der Waals surface area contributed by atoms with Gasteiger partial charge < -0.3 is 0 Å². The third kappa shape index (κ3) is 4.39. The van der Waals surface area contributed by atoms with Crippen molar-refractivity contribution in [1.29, 1.82) is 0 Å². The summed E-state index contributed by atoms with van der Waals surface area (Å²) in [6, 6.07) is 14.1. The van der Waals surface area contributed by atoms with E-state index in [1.807, 2.05) is 24.3 Å². The molecule has 2 aliphatic rings. The summed E-state index contributed by atoms with van der Waals surface area (Å²) in [4.78, 5) is 15.6. The first-order valence-electron chi connectivity index (χ1n) is 10.5. The van der Waals surface area contributed by atoms with Gasteiger partial charge in [0.05, 0.1) is 18.3 Å². The van der Waals surface area contributed by atoms with E-state index < -0.39 is 0 Å². The molecular weight excluding hydrogens is 382 g/mol. The van der Waals surface area contributed by atoms with Crippen LogP contribution in [0.25, 0.3) is 0 Å². The molecule has 0 N–H and O–H groups in total. The molecule has 4 rings (SSSR count). The van der Waals surface area contributed by atoms with Crippen molar-refractivity contribution in [3.05, 3.63) is 69.7 Å². The molecule has 5 heteroatoms. The summed E-state index contributed by atoms with van der Waals surface area (Å²) in [5.74, 6) is 0.0693. The fraction of sp³-hybridized carbons (Fsp3) is 0.417. The average Bonchev–Trinajstić information content (AvgIpc) is 3.16. The minimum atomic E-state index is -0.0848. The lowest BCUT2D eigenvalue weighted by Crippen LogP contribution is -2.40. The van der Waals surface area contributed by atoms with Gasteiger partial charge in [-0.05, 0) is 57.0 Å². The van der Waals surface area contributed by atoms with E-state index in [9.17, 15) is 4.79 Å². The smallest absolute Gasteiger partial charge is 0.257 e. The second kappa shape index (κ2) is 8.68. The van der Waals surface area contributed by atoms with Gasteiger partial charge in [-0.25, -0.2) is 5.01 Å². The Bertz CT molecular complexity index is 933. The number of carbonyl (C=O) groups is 1. The first kappa shape index (κ1) is 20.1. The van der Waals surface area contributed by atoms with Crippen LogP contribution in [0.5, 0.6) is 0 Å². The number of piperidine rings is 1. The molecule has 4 nitrogen and oxygen atoms in total. The maximum absolute atomic E-state index is 13.3. The molecule has 0 spiro atoms. The molecule has 0 bridgehead atoms. The average molecular weight is 410 g/mol. The molecule has 1 amide bonds. The van der Waals surface area contributed by atoms with Gasteiger partial charge >= 0.3 is 0 Å². The van der Waals surface area contributed by atoms with Crippen LogP contribution in [0.4, 0.5) is 0 Å². The van der Waals surface area contributed by atoms with Crippen LogP contribution in [0.2, 0.25) is 5.02 Å². The predicted octanol–water partition coefficient (Wildman–Crippen LogP) is 5.12. The van der Waals surface area contributed by atoms with Crippen molar-refractivity contribution in [3.8, 4) is 0 Å². The monoisotopic (exact) mass is 409 g/mol. The molecule has 0 radical (unpaired) electrons. The van der Waals surface area contributed by atoms with Gasteiger partial charge in [0.1, 0.15) is 0 Å². The molecule has 0 aromatic heterocycles. The Kier molecular flexibility index (Phi) is 6.02. The van der Waals surface area contributed by atoms with Gasteiger partial charge in [-0.3, -0.25) is 9.69 Å². The Morgan fingerprint density at radius 3 is 2.62 bits per heavy atom. The maximum Gasteiger partial charge on any atom is 0.257 e. The molecular formula is C24H28ClN3O. The Morgan fingerprint density at radius 2 is 1.86 bits per heavy atom. The lowest BCUT2D eigenvalue weighted by atomic mass is 9.94. The summed E-state index contributed by atoms with van der Waals surface area (Å²) in [7, 11) is 0. The highest BCUT2D eigenvalue weighted by Gasteiger charge is 2.35. The largest absolute Gasteiger partial charge is 0.294 e. The van der Waals surface area contributed by atoms with Crippen LogP contribution in [0, 0.1) is 13.8 Å². The first-order chi connectivity index (χ1) is 14.0. The van der Waals surface area contributed by atoms with E-state index in [0.717, 1.165) is 24.4 Å². The first-order valence-corrected chi connectivity index (χ1v) is 10.8. The Labute approximate surface area is 178 Å². The molecule has 2 aromatic rings. The van der Waals surface area contributed by atoms with Crippen molar-refractivity contribution in [2.45, 2.75) is 45.6 Å². The highest BCUT2D eigenvalue weighted by Crippen LogP contribution is 2.36. The summed E-state index contributed by atoms with van der Waals surface area (Å²) in [5, 5.41) is 7.20. The van der Waals surface area contributed by atoms with E-state index in [0.29, 0.717) is 18.0 Å². The van der Waals surface area contributed by atoms with Crippen molar-refractivity contribution in [1.82, 2.24) is 9.91 Å². The van der Waals surface area contributed by atoms with Crippen LogP contribution in [0.1, 0.15) is 54.0 Å². The van der Waals surface area contributed by atoms with E-state index in [1.54, 1.807) is 5.01 Å². The fourth-order valence-electron chi connectivity index (χ4n) is 4.34. The molecule has 1 fully saturated rings. The van der Waals surface area contributed by atoms with Crippen molar-refractivity contribution in [2.75, 3.05) is 19.6 Å². The lowest BCUT2D eigenvalue weighted by molar-refractivity contribution is -0.134. The highest BCUT2D eigenvalue weighted by atomic mass is 35.5. The highest BCUT2D eigenvalue weighted by molar-refractivity contribution is 6.34. The number of benzene rings is 2. The number of aryl methyl sites for hydroxylation is 2. The number of hydrogen-bond acceptors (Lipinski definition) is 3. The number of hydrogen-bond donors (Lipinski definition) is 0. The molecule has 1 saturated heterocycles. The number of carbonyl (C=O) groups excluding carboxylic acids is 1. The minimum absolute atomic E-state index is 0.0693. The lowest BCUT2D eigenvalue weighted by Gasteiger charge is -2.29. The van der Waals surface area contributed by atoms with Gasteiger partial charge in [-0.1, -0.05) is 60.0 Å². The molecule has 2 aliphatic heterocycles. The Hall–Kier alpha value is -2.17. The number of hydrazone groups is 1. The van der Waals surface area contributed by atoms with Gasteiger partial charge in [0, 0.05) is 17.0 Å². The van der Waals surface area contributed by atoms with E-state index in [1.165, 1.54) is 36.0 Å². The van der Waals surface area contributed by atoms with Crippen LogP contribution >= 0.6 is 11.6 Å². The summed E-state index contributed by atoms with van der Waals surface area (Å²) >= 11 is 6.44. The second-order valence-corrected chi connectivity index (χ2v) is 8.59. The fourth-order valence-corrected chi connectivity index (χ4v) is 4.59. The van der Waals surface area contributed by atoms with Crippen LogP contribution in [-0.2, 0) is 4.79 Å². The van der Waals surface area contributed by atoms with E-state index in [4.69, 9.17) is 16.7 Å². The normalized spacial score (nSPS) is 20.0. The molecule has 152 valence electrons. The van der Waals surface area contributed by atoms with Crippen LogP contribution in [0.15, 0.2) is 47.6 Å². The zero-order valence-electron chi connectivity index (χ0n) is 17.2. The molecule has 2 heterocycles.